The van der Waals surface area contributed by atoms with Crippen LogP contribution in [0.5, 0.6) is 0 Å². The second kappa shape index (κ2) is 23.8. The summed E-state index contributed by atoms with van der Waals surface area (Å²) in [6.45, 7) is 1.42. The van der Waals surface area contributed by atoms with E-state index < -0.39 is 90.9 Å². The SMILES string of the molecule is CC(C)(C)OC(=O)N(CC(F)(F)F)c1cc(-c2nc(C(=O)Nc3cn(-c4ccc(C(=O)O)cc4)nc3C(F)F)co2)ccn1.O=C(O)c1ccc(-n2cc(NC(=O)c3coc(-c4ccnc(NCC(F)(F)F)c4)n3)c(C(F)F)n2)cc1. The molecular weight excluding hydrogens is 1110 g/mol. The van der Waals surface area contributed by atoms with Gasteiger partial charge < -0.3 is 39.7 Å². The molecule has 8 rings (SSSR count). The Morgan fingerprint density at radius 2 is 1.09 bits per heavy atom. The molecule has 0 aliphatic carbocycles. The van der Waals surface area contributed by atoms with Crippen LogP contribution in [0.2, 0.25) is 0 Å². The number of carbonyl (C=O) groups excluding carboxylic acids is 3. The molecule has 424 valence electrons. The molecular formula is C49H38F10N12O10. The number of carboxylic acid groups (broad SMARTS) is 2. The predicted octanol–water partition coefficient (Wildman–Crippen LogP) is 10.9. The van der Waals surface area contributed by atoms with Gasteiger partial charge >= 0.3 is 30.4 Å². The lowest BCUT2D eigenvalue weighted by molar-refractivity contribution is -0.120. The number of hydrogen-bond donors (Lipinski definition) is 5. The van der Waals surface area contributed by atoms with E-state index in [2.05, 4.69) is 46.1 Å². The first-order valence-electron chi connectivity index (χ1n) is 22.8. The van der Waals surface area contributed by atoms with Crippen molar-refractivity contribution in [1.29, 1.82) is 0 Å². The van der Waals surface area contributed by atoms with Gasteiger partial charge in [-0.3, -0.25) is 14.5 Å². The normalized spacial score (nSPS) is 11.7. The van der Waals surface area contributed by atoms with Crippen molar-refractivity contribution in [1.82, 2.24) is 39.5 Å². The van der Waals surface area contributed by atoms with Gasteiger partial charge in [0.25, 0.3) is 24.7 Å². The minimum absolute atomic E-state index is 0.0159. The highest BCUT2D eigenvalue weighted by Crippen LogP contribution is 2.32. The molecule has 0 fully saturated rings. The Labute approximate surface area is 447 Å². The van der Waals surface area contributed by atoms with Crippen molar-refractivity contribution in [3.8, 4) is 34.3 Å². The van der Waals surface area contributed by atoms with E-state index in [1.54, 1.807) is 0 Å². The van der Waals surface area contributed by atoms with E-state index in [1.807, 2.05) is 0 Å². The van der Waals surface area contributed by atoms with Crippen molar-refractivity contribution in [3.63, 3.8) is 0 Å². The molecule has 81 heavy (non-hydrogen) atoms. The summed E-state index contributed by atoms with van der Waals surface area (Å²) in [6.07, 6.45) is -10.4. The van der Waals surface area contributed by atoms with Gasteiger partial charge in [0, 0.05) is 23.5 Å². The third-order valence-corrected chi connectivity index (χ3v) is 10.3. The molecule has 8 aromatic rings. The number of aromatic carboxylic acids is 2. The standard InChI is InChI=1S/C27H23F5N6O6.C22H15F5N6O4/c1-26(2,3)44-25(42)37(13-27(30,31)32)19-10-15(8-9-33-19)23-35-18(12-43-23)22(39)34-17-11-38(36-20(17)21(28)29)16-6-4-14(5-7-16)24(40)41;23-18(24)17-14(8-33(32-17)13-3-1-11(2-4-13)21(35)36)30-19(34)15-9-37-20(31-15)12-5-6-28-16(7-12)29-10-22(25,26)27/h4-12,21H,13H2,1-3H3,(H,34,39)(H,40,41);1-9,18H,10H2,(H,28,29)(H,30,34)(H,35,36). The summed E-state index contributed by atoms with van der Waals surface area (Å²) < 4.78 is 149. The summed E-state index contributed by atoms with van der Waals surface area (Å²) in [4.78, 5) is 76.0. The van der Waals surface area contributed by atoms with Gasteiger partial charge in [0.05, 0.1) is 46.3 Å². The second-order valence-electron chi connectivity index (χ2n) is 17.5. The molecule has 32 heteroatoms. The van der Waals surface area contributed by atoms with E-state index in [1.165, 1.54) is 93.7 Å². The summed E-state index contributed by atoms with van der Waals surface area (Å²) >= 11 is 0. The van der Waals surface area contributed by atoms with E-state index in [0.29, 0.717) is 0 Å². The molecule has 0 unspecified atom stereocenters. The molecule has 2 aromatic carbocycles. The summed E-state index contributed by atoms with van der Waals surface area (Å²) in [6, 6.07) is 15.4. The average molecular weight is 1140 g/mol. The summed E-state index contributed by atoms with van der Waals surface area (Å²) in [5, 5.41) is 32.2. The van der Waals surface area contributed by atoms with Crippen molar-refractivity contribution < 1.29 is 91.7 Å². The van der Waals surface area contributed by atoms with Gasteiger partial charge in [0.1, 0.15) is 42.9 Å². The van der Waals surface area contributed by atoms with Gasteiger partial charge in [-0.05, 0) is 93.6 Å². The van der Waals surface area contributed by atoms with Gasteiger partial charge in [-0.15, -0.1) is 0 Å². The molecule has 0 spiro atoms. The van der Waals surface area contributed by atoms with Crippen LogP contribution >= 0.6 is 0 Å². The number of oxazole rings is 2. The van der Waals surface area contributed by atoms with Crippen LogP contribution in [0.1, 0.15) is 86.7 Å². The summed E-state index contributed by atoms with van der Waals surface area (Å²) in [5.74, 6) is -5.17. The van der Waals surface area contributed by atoms with Crippen LogP contribution in [0.4, 0.5) is 71.7 Å². The lowest BCUT2D eigenvalue weighted by atomic mass is 10.2. The Hall–Kier alpha value is -10.2. The van der Waals surface area contributed by atoms with Crippen LogP contribution in [-0.2, 0) is 4.74 Å². The van der Waals surface area contributed by atoms with Gasteiger partial charge in [0.2, 0.25) is 11.8 Å². The lowest BCUT2D eigenvalue weighted by Gasteiger charge is -2.27. The molecule has 0 saturated carbocycles. The zero-order valence-electron chi connectivity index (χ0n) is 41.4. The number of amides is 3. The van der Waals surface area contributed by atoms with E-state index >= 15 is 0 Å². The fourth-order valence-electron chi connectivity index (χ4n) is 6.75. The van der Waals surface area contributed by atoms with E-state index in [0.717, 1.165) is 46.5 Å². The van der Waals surface area contributed by atoms with E-state index in [-0.39, 0.29) is 78.9 Å². The topological polar surface area (TPSA) is 288 Å². The van der Waals surface area contributed by atoms with Crippen LogP contribution in [0.15, 0.2) is 119 Å². The van der Waals surface area contributed by atoms with Crippen LogP contribution < -0.4 is 20.9 Å². The first-order valence-corrected chi connectivity index (χ1v) is 22.8. The summed E-state index contributed by atoms with van der Waals surface area (Å²) in [7, 11) is 0. The number of pyridine rings is 2. The highest BCUT2D eigenvalue weighted by Gasteiger charge is 2.37. The van der Waals surface area contributed by atoms with Crippen molar-refractivity contribution >= 4 is 52.9 Å². The van der Waals surface area contributed by atoms with E-state index in [9.17, 15) is 67.9 Å². The number of nitrogens with one attached hydrogen (secondary N) is 3. The minimum Gasteiger partial charge on any atom is -0.478 e. The number of aromatic nitrogens is 8. The van der Waals surface area contributed by atoms with Crippen molar-refractivity contribution in [3.05, 3.63) is 144 Å². The fourth-order valence-corrected chi connectivity index (χ4v) is 6.75. The third kappa shape index (κ3) is 15.5. The predicted molar refractivity (Wildman–Crippen MR) is 261 cm³/mol. The Bertz CT molecular complexity index is 3570. The number of hydrogen-bond acceptors (Lipinski definition) is 15. The lowest BCUT2D eigenvalue weighted by Crippen LogP contribution is -2.42. The largest absolute Gasteiger partial charge is 0.478 e. The maximum Gasteiger partial charge on any atom is 0.416 e. The number of alkyl halides is 10. The maximum absolute atomic E-state index is 13.7. The Morgan fingerprint density at radius 3 is 1.49 bits per heavy atom. The maximum atomic E-state index is 13.7. The first kappa shape index (κ1) is 58.5. The average Bonchev–Trinajstić information content (AvgIpc) is 4.46. The van der Waals surface area contributed by atoms with Gasteiger partial charge in [-0.1, -0.05) is 0 Å². The number of halogens is 10. The zero-order chi connectivity index (χ0) is 59.1. The Balaban J connectivity index is 0.000000237. The Kier molecular flexibility index (Phi) is 17.2. The summed E-state index contributed by atoms with van der Waals surface area (Å²) in [5.41, 5.74) is -3.30. The molecule has 6 heterocycles. The minimum atomic E-state index is -4.80. The number of ether oxygens (including phenoxy) is 1. The van der Waals surface area contributed by atoms with Crippen LogP contribution in [0.25, 0.3) is 34.3 Å². The number of rotatable bonds is 16. The number of carboxylic acids is 2. The van der Waals surface area contributed by atoms with Gasteiger partial charge in [0.15, 0.2) is 22.8 Å². The fraction of sp³-hybridized carbons (Fsp3) is 0.204. The number of anilines is 4. The van der Waals surface area contributed by atoms with Crippen molar-refractivity contribution in [2.24, 2.45) is 0 Å². The van der Waals surface area contributed by atoms with Crippen LogP contribution in [-0.4, -0.2) is 111 Å². The molecule has 0 aliphatic rings. The van der Waals surface area contributed by atoms with Crippen molar-refractivity contribution in [2.75, 3.05) is 33.9 Å². The number of carbonyl (C=O) groups is 5. The molecule has 0 radical (unpaired) electrons. The highest BCUT2D eigenvalue weighted by atomic mass is 19.4. The number of nitrogens with zero attached hydrogens (tertiary/aromatic N) is 9. The van der Waals surface area contributed by atoms with Gasteiger partial charge in [-0.2, -0.15) is 36.5 Å². The smallest absolute Gasteiger partial charge is 0.416 e. The van der Waals surface area contributed by atoms with Gasteiger partial charge in [-0.25, -0.2) is 61.2 Å². The monoisotopic (exact) mass is 1140 g/mol. The Morgan fingerprint density at radius 1 is 0.642 bits per heavy atom. The van der Waals surface area contributed by atoms with Crippen molar-refractivity contribution in [2.45, 2.75) is 51.6 Å². The molecule has 0 saturated heterocycles. The zero-order valence-corrected chi connectivity index (χ0v) is 41.4. The second-order valence-corrected chi connectivity index (χ2v) is 17.5. The molecule has 0 atom stereocenters. The molecule has 5 N–H and O–H groups in total. The molecule has 6 aromatic heterocycles. The molecule has 3 amide bonds. The van der Waals surface area contributed by atoms with E-state index in [4.69, 9.17) is 23.8 Å². The molecule has 22 nitrogen and oxygen atoms in total. The molecule has 0 bridgehead atoms. The quantitative estimate of drug-likeness (QED) is 0.0562. The highest BCUT2D eigenvalue weighted by molar-refractivity contribution is 6.04. The first-order chi connectivity index (χ1) is 38.0. The molecule has 0 aliphatic heterocycles. The van der Waals surface area contributed by atoms with Crippen LogP contribution in [0.3, 0.4) is 0 Å². The van der Waals surface area contributed by atoms with Crippen LogP contribution in [0, 0.1) is 0 Å². The number of benzene rings is 2. The third-order valence-electron chi connectivity index (χ3n) is 10.3.